The van der Waals surface area contributed by atoms with Crippen LogP contribution in [-0.2, 0) is 16.6 Å². The predicted molar refractivity (Wildman–Crippen MR) is 101 cm³/mol. The molecule has 0 aliphatic carbocycles. The molecule has 2 aromatic carbocycles. The number of hydrogen-bond donors (Lipinski definition) is 1. The first-order valence-electron chi connectivity index (χ1n) is 8.36. The Bertz CT molecular complexity index is 846. The average Bonchev–Trinajstić information content (AvgIpc) is 2.65. The molecule has 2 rings (SSSR count). The summed E-state index contributed by atoms with van der Waals surface area (Å²) < 4.78 is 33.1. The molecule has 26 heavy (non-hydrogen) atoms. The van der Waals surface area contributed by atoms with Gasteiger partial charge in [-0.2, -0.15) is 0 Å². The van der Waals surface area contributed by atoms with Gasteiger partial charge in [-0.25, -0.2) is 13.1 Å². The summed E-state index contributed by atoms with van der Waals surface area (Å²) in [5.74, 6) is 0.512. The minimum Gasteiger partial charge on any atom is -0.494 e. The molecule has 7 heteroatoms. The maximum absolute atomic E-state index is 12.5. The molecule has 0 saturated carbocycles. The van der Waals surface area contributed by atoms with Crippen LogP contribution < -0.4 is 9.46 Å². The van der Waals surface area contributed by atoms with Crippen LogP contribution in [0.2, 0.25) is 0 Å². The van der Waals surface area contributed by atoms with Crippen molar-refractivity contribution in [2.75, 3.05) is 20.7 Å². The molecule has 0 bridgehead atoms. The van der Waals surface area contributed by atoms with E-state index in [4.69, 9.17) is 4.74 Å². The summed E-state index contributed by atoms with van der Waals surface area (Å²) in [6.07, 6.45) is 0.928. The second-order valence-electron chi connectivity index (χ2n) is 6.04. The normalized spacial score (nSPS) is 11.2. The van der Waals surface area contributed by atoms with Gasteiger partial charge in [-0.05, 0) is 42.3 Å². The molecule has 1 N–H and O–H groups in total. The van der Waals surface area contributed by atoms with Crippen molar-refractivity contribution in [2.24, 2.45) is 0 Å². The highest BCUT2D eigenvalue weighted by atomic mass is 32.2. The molecule has 0 fully saturated rings. The molecule has 0 unspecified atom stereocenters. The van der Waals surface area contributed by atoms with Crippen molar-refractivity contribution in [3.05, 3.63) is 59.7 Å². The smallest absolute Gasteiger partial charge is 0.253 e. The van der Waals surface area contributed by atoms with Crippen LogP contribution in [0.5, 0.6) is 5.75 Å². The number of nitrogens with zero attached hydrogens (tertiary/aromatic N) is 1. The highest BCUT2D eigenvalue weighted by molar-refractivity contribution is 7.89. The van der Waals surface area contributed by atoms with Crippen molar-refractivity contribution < 1.29 is 17.9 Å². The van der Waals surface area contributed by atoms with Gasteiger partial charge in [0.25, 0.3) is 5.91 Å². The number of sulfonamides is 1. The average molecular weight is 376 g/mol. The second kappa shape index (κ2) is 8.82. The highest BCUT2D eigenvalue weighted by Crippen LogP contribution is 2.15. The molecule has 0 aromatic heterocycles. The Labute approximate surface area is 154 Å². The van der Waals surface area contributed by atoms with Crippen molar-refractivity contribution in [2.45, 2.75) is 24.8 Å². The Balaban J connectivity index is 2.07. The minimum absolute atomic E-state index is 0.0631. The van der Waals surface area contributed by atoms with Gasteiger partial charge in [-0.15, -0.1) is 0 Å². The lowest BCUT2D eigenvalue weighted by molar-refractivity contribution is 0.0827. The molecule has 0 radical (unpaired) electrons. The molecule has 0 heterocycles. The monoisotopic (exact) mass is 376 g/mol. The first-order valence-corrected chi connectivity index (χ1v) is 9.85. The summed E-state index contributed by atoms with van der Waals surface area (Å²) in [4.78, 5) is 13.5. The van der Waals surface area contributed by atoms with Gasteiger partial charge in [0.1, 0.15) is 5.75 Å². The number of nitrogens with one attached hydrogen (secondary N) is 1. The third-order valence-corrected chi connectivity index (χ3v) is 5.06. The first kappa shape index (κ1) is 19.9. The highest BCUT2D eigenvalue weighted by Gasteiger charge is 2.16. The summed E-state index contributed by atoms with van der Waals surface area (Å²) in [5.41, 5.74) is 1.15. The van der Waals surface area contributed by atoms with Gasteiger partial charge < -0.3 is 9.64 Å². The third-order valence-electron chi connectivity index (χ3n) is 3.66. The Morgan fingerprint density at radius 2 is 1.81 bits per heavy atom. The summed E-state index contributed by atoms with van der Waals surface area (Å²) in [5, 5.41) is 0. The van der Waals surface area contributed by atoms with Crippen LogP contribution in [0.15, 0.2) is 53.4 Å². The van der Waals surface area contributed by atoms with Crippen molar-refractivity contribution in [1.82, 2.24) is 9.62 Å². The molecule has 2 aromatic rings. The lowest BCUT2D eigenvalue weighted by atomic mass is 10.2. The summed E-state index contributed by atoms with van der Waals surface area (Å²) in [6, 6.07) is 13.3. The Morgan fingerprint density at radius 3 is 2.42 bits per heavy atom. The van der Waals surface area contributed by atoms with E-state index in [1.54, 1.807) is 26.2 Å². The molecule has 0 aliphatic rings. The maximum Gasteiger partial charge on any atom is 0.253 e. The summed E-state index contributed by atoms with van der Waals surface area (Å²) >= 11 is 0. The van der Waals surface area contributed by atoms with Crippen molar-refractivity contribution in [3.8, 4) is 5.75 Å². The number of hydrogen-bond acceptors (Lipinski definition) is 4. The van der Waals surface area contributed by atoms with E-state index in [2.05, 4.69) is 4.72 Å². The number of rotatable bonds is 8. The fourth-order valence-electron chi connectivity index (χ4n) is 2.24. The summed E-state index contributed by atoms with van der Waals surface area (Å²) in [6.45, 7) is 2.83. The van der Waals surface area contributed by atoms with E-state index in [9.17, 15) is 13.2 Å². The maximum atomic E-state index is 12.5. The topological polar surface area (TPSA) is 75.7 Å². The lowest BCUT2D eigenvalue weighted by Gasteiger charge is -2.12. The van der Waals surface area contributed by atoms with Crippen LogP contribution in [0, 0.1) is 0 Å². The van der Waals surface area contributed by atoms with Crippen LogP contribution >= 0.6 is 0 Å². The zero-order chi connectivity index (χ0) is 19.2. The molecule has 0 aliphatic heterocycles. The van der Waals surface area contributed by atoms with E-state index in [1.807, 2.05) is 31.2 Å². The zero-order valence-corrected chi connectivity index (χ0v) is 16.0. The van der Waals surface area contributed by atoms with Gasteiger partial charge in [-0.1, -0.05) is 25.1 Å². The van der Waals surface area contributed by atoms with Crippen molar-refractivity contribution in [3.63, 3.8) is 0 Å². The molecule has 0 saturated heterocycles. The third kappa shape index (κ3) is 5.31. The van der Waals surface area contributed by atoms with Gasteiger partial charge in [0.15, 0.2) is 0 Å². The van der Waals surface area contributed by atoms with E-state index in [-0.39, 0.29) is 17.3 Å². The largest absolute Gasteiger partial charge is 0.494 e. The van der Waals surface area contributed by atoms with Gasteiger partial charge in [0.05, 0.1) is 11.5 Å². The van der Waals surface area contributed by atoms with Gasteiger partial charge >= 0.3 is 0 Å². The minimum atomic E-state index is -3.72. The standard InChI is InChI=1S/C19H24N2O4S/c1-4-12-25-17-10-8-15(9-11-17)14-20-26(23,24)18-7-5-6-16(13-18)19(22)21(2)3/h5-11,13,20H,4,12,14H2,1-3H3. The number of carbonyl (C=O) groups excluding carboxylic acids is 1. The summed E-state index contributed by atoms with van der Waals surface area (Å²) in [7, 11) is -0.475. The van der Waals surface area contributed by atoms with Crippen molar-refractivity contribution >= 4 is 15.9 Å². The van der Waals surface area contributed by atoms with Crippen molar-refractivity contribution in [1.29, 1.82) is 0 Å². The van der Waals surface area contributed by atoms with E-state index in [0.29, 0.717) is 12.2 Å². The Morgan fingerprint density at radius 1 is 1.12 bits per heavy atom. The molecular formula is C19H24N2O4S. The van der Waals surface area contributed by atoms with Gasteiger partial charge in [0.2, 0.25) is 10.0 Å². The Hall–Kier alpha value is -2.38. The van der Waals surface area contributed by atoms with Crippen LogP contribution in [0.3, 0.4) is 0 Å². The SMILES string of the molecule is CCCOc1ccc(CNS(=O)(=O)c2cccc(C(=O)N(C)C)c2)cc1. The first-order chi connectivity index (χ1) is 12.3. The molecule has 0 spiro atoms. The fraction of sp³-hybridized carbons (Fsp3) is 0.316. The zero-order valence-electron chi connectivity index (χ0n) is 15.2. The van der Waals surface area contributed by atoms with E-state index in [1.165, 1.54) is 17.0 Å². The quantitative estimate of drug-likeness (QED) is 0.768. The number of carbonyl (C=O) groups is 1. The van der Waals surface area contributed by atoms with Gasteiger partial charge in [-0.3, -0.25) is 4.79 Å². The van der Waals surface area contributed by atoms with E-state index < -0.39 is 10.0 Å². The lowest BCUT2D eigenvalue weighted by Crippen LogP contribution is -2.25. The van der Waals surface area contributed by atoms with Crippen LogP contribution in [0.4, 0.5) is 0 Å². The Kier molecular flexibility index (Phi) is 6.76. The number of ether oxygens (including phenoxy) is 1. The fourth-order valence-corrected chi connectivity index (χ4v) is 3.30. The molecule has 1 amide bonds. The van der Waals surface area contributed by atoms with Crippen LogP contribution in [-0.4, -0.2) is 39.9 Å². The van der Waals surface area contributed by atoms with E-state index >= 15 is 0 Å². The second-order valence-corrected chi connectivity index (χ2v) is 7.81. The van der Waals surface area contributed by atoms with Crippen LogP contribution in [0.25, 0.3) is 0 Å². The van der Waals surface area contributed by atoms with Crippen LogP contribution in [0.1, 0.15) is 29.3 Å². The van der Waals surface area contributed by atoms with Gasteiger partial charge in [0, 0.05) is 26.2 Å². The number of benzene rings is 2. The molecule has 0 atom stereocenters. The van der Waals surface area contributed by atoms with E-state index in [0.717, 1.165) is 17.7 Å². The molecular weight excluding hydrogens is 352 g/mol. The number of amides is 1. The predicted octanol–water partition coefficient (Wildman–Crippen LogP) is 2.66. The molecule has 140 valence electrons. The molecule has 6 nitrogen and oxygen atoms in total.